The van der Waals surface area contributed by atoms with Gasteiger partial charge >= 0.3 is 0 Å². The standard InChI is InChI=1S/C15H24N2O/c1-3-4-11-16-15(18)13-17(2)12-10-14-8-6-5-7-9-14/h5-9H,3-4,10-13H2,1-2H3,(H,16,18). The molecule has 0 bridgehead atoms. The molecule has 1 rings (SSSR count). The monoisotopic (exact) mass is 248 g/mol. The quantitative estimate of drug-likeness (QED) is 0.714. The highest BCUT2D eigenvalue weighted by Gasteiger charge is 2.05. The zero-order chi connectivity index (χ0) is 13.2. The summed E-state index contributed by atoms with van der Waals surface area (Å²) in [7, 11) is 1.99. The van der Waals surface area contributed by atoms with E-state index in [1.54, 1.807) is 0 Å². The SMILES string of the molecule is CCCCNC(=O)CN(C)CCc1ccccc1. The Hall–Kier alpha value is -1.35. The summed E-state index contributed by atoms with van der Waals surface area (Å²) in [6, 6.07) is 10.4. The van der Waals surface area contributed by atoms with E-state index in [-0.39, 0.29) is 5.91 Å². The van der Waals surface area contributed by atoms with Crippen LogP contribution in [0.4, 0.5) is 0 Å². The summed E-state index contributed by atoms with van der Waals surface area (Å²) in [6.45, 7) is 4.31. The first-order valence-electron chi connectivity index (χ1n) is 6.71. The molecular formula is C15H24N2O. The van der Waals surface area contributed by atoms with Gasteiger partial charge in [0.2, 0.25) is 5.91 Å². The number of amides is 1. The Morgan fingerprint density at radius 2 is 2.00 bits per heavy atom. The van der Waals surface area contributed by atoms with Gasteiger partial charge in [-0.1, -0.05) is 43.7 Å². The molecule has 0 aliphatic heterocycles. The summed E-state index contributed by atoms with van der Waals surface area (Å²) in [4.78, 5) is 13.7. The van der Waals surface area contributed by atoms with Gasteiger partial charge in [0.25, 0.3) is 0 Å². The first-order chi connectivity index (χ1) is 8.72. The van der Waals surface area contributed by atoms with Crippen LogP contribution in [0.25, 0.3) is 0 Å². The number of unbranched alkanes of at least 4 members (excludes halogenated alkanes) is 1. The second kappa shape index (κ2) is 8.70. The highest BCUT2D eigenvalue weighted by molar-refractivity contribution is 5.77. The molecule has 0 saturated heterocycles. The molecule has 0 aromatic heterocycles. The highest BCUT2D eigenvalue weighted by atomic mass is 16.2. The Morgan fingerprint density at radius 1 is 1.28 bits per heavy atom. The lowest BCUT2D eigenvalue weighted by Gasteiger charge is -2.16. The van der Waals surface area contributed by atoms with Crippen molar-refractivity contribution in [3.8, 4) is 0 Å². The lowest BCUT2D eigenvalue weighted by Crippen LogP contribution is -2.36. The van der Waals surface area contributed by atoms with Crippen molar-refractivity contribution >= 4 is 5.91 Å². The van der Waals surface area contributed by atoms with Crippen LogP contribution in [0.1, 0.15) is 25.3 Å². The number of carbonyl (C=O) groups is 1. The molecule has 3 heteroatoms. The van der Waals surface area contributed by atoms with E-state index in [2.05, 4.69) is 29.3 Å². The Bertz CT molecular complexity index is 338. The van der Waals surface area contributed by atoms with Crippen molar-refractivity contribution in [2.24, 2.45) is 0 Å². The zero-order valence-corrected chi connectivity index (χ0v) is 11.5. The summed E-state index contributed by atoms with van der Waals surface area (Å²) in [6.07, 6.45) is 3.16. The Labute approximate surface area is 110 Å². The van der Waals surface area contributed by atoms with Crippen molar-refractivity contribution in [2.75, 3.05) is 26.7 Å². The molecule has 0 saturated carbocycles. The van der Waals surface area contributed by atoms with Crippen LogP contribution in [0.5, 0.6) is 0 Å². The Balaban J connectivity index is 2.17. The highest BCUT2D eigenvalue weighted by Crippen LogP contribution is 2.00. The number of nitrogens with zero attached hydrogens (tertiary/aromatic N) is 1. The molecule has 1 amide bonds. The van der Waals surface area contributed by atoms with Crippen LogP contribution in [0, 0.1) is 0 Å². The molecule has 0 radical (unpaired) electrons. The van der Waals surface area contributed by atoms with Gasteiger partial charge in [-0.15, -0.1) is 0 Å². The number of nitrogens with one attached hydrogen (secondary N) is 1. The molecule has 100 valence electrons. The molecule has 0 fully saturated rings. The number of benzene rings is 1. The van der Waals surface area contributed by atoms with Crippen LogP contribution in [0.15, 0.2) is 30.3 Å². The minimum atomic E-state index is 0.124. The summed E-state index contributed by atoms with van der Waals surface area (Å²) in [5.74, 6) is 0.124. The molecule has 18 heavy (non-hydrogen) atoms. The Kier molecular flexibility index (Phi) is 7.11. The lowest BCUT2D eigenvalue weighted by molar-refractivity contribution is -0.121. The van der Waals surface area contributed by atoms with E-state index >= 15 is 0 Å². The minimum absolute atomic E-state index is 0.124. The van der Waals surface area contributed by atoms with Crippen molar-refractivity contribution < 1.29 is 4.79 Å². The predicted molar refractivity (Wildman–Crippen MR) is 75.6 cm³/mol. The van der Waals surface area contributed by atoms with Gasteiger partial charge in [0, 0.05) is 13.1 Å². The van der Waals surface area contributed by atoms with E-state index < -0.39 is 0 Å². The fourth-order valence-electron chi connectivity index (χ4n) is 1.75. The normalized spacial score (nSPS) is 10.6. The minimum Gasteiger partial charge on any atom is -0.355 e. The second-order valence-electron chi connectivity index (χ2n) is 4.68. The maximum absolute atomic E-state index is 11.6. The first kappa shape index (κ1) is 14.7. The number of likely N-dealkylation sites (N-methyl/N-ethyl adjacent to an activating group) is 1. The number of carbonyl (C=O) groups excluding carboxylic acids is 1. The van der Waals surface area contributed by atoms with E-state index in [9.17, 15) is 4.79 Å². The van der Waals surface area contributed by atoms with Crippen molar-refractivity contribution in [3.05, 3.63) is 35.9 Å². The maximum atomic E-state index is 11.6. The molecule has 0 heterocycles. The van der Waals surface area contributed by atoms with Gasteiger partial charge in [0.15, 0.2) is 0 Å². The van der Waals surface area contributed by atoms with Gasteiger partial charge in [0.05, 0.1) is 6.54 Å². The van der Waals surface area contributed by atoms with Crippen molar-refractivity contribution in [2.45, 2.75) is 26.2 Å². The third-order valence-electron chi connectivity index (χ3n) is 2.89. The summed E-state index contributed by atoms with van der Waals surface area (Å²) < 4.78 is 0. The largest absolute Gasteiger partial charge is 0.355 e. The molecule has 1 aromatic rings. The molecule has 0 spiro atoms. The molecule has 3 nitrogen and oxygen atoms in total. The van der Waals surface area contributed by atoms with E-state index in [1.807, 2.05) is 25.2 Å². The number of rotatable bonds is 8. The third-order valence-corrected chi connectivity index (χ3v) is 2.89. The van der Waals surface area contributed by atoms with Crippen LogP contribution < -0.4 is 5.32 Å². The van der Waals surface area contributed by atoms with Gasteiger partial charge in [-0.05, 0) is 25.5 Å². The van der Waals surface area contributed by atoms with E-state index in [0.29, 0.717) is 6.54 Å². The predicted octanol–water partition coefficient (Wildman–Crippen LogP) is 2.08. The van der Waals surface area contributed by atoms with Gasteiger partial charge in [-0.2, -0.15) is 0 Å². The van der Waals surface area contributed by atoms with Gasteiger partial charge in [-0.25, -0.2) is 0 Å². The van der Waals surface area contributed by atoms with Gasteiger partial charge in [0.1, 0.15) is 0 Å². The molecule has 0 unspecified atom stereocenters. The topological polar surface area (TPSA) is 32.3 Å². The number of hydrogen-bond acceptors (Lipinski definition) is 2. The van der Waals surface area contributed by atoms with Crippen LogP contribution in [0.3, 0.4) is 0 Å². The molecule has 0 aliphatic rings. The first-order valence-corrected chi connectivity index (χ1v) is 6.71. The van der Waals surface area contributed by atoms with Crippen LogP contribution in [0.2, 0.25) is 0 Å². The second-order valence-corrected chi connectivity index (χ2v) is 4.68. The molecule has 1 N–H and O–H groups in total. The third kappa shape index (κ3) is 6.40. The van der Waals surface area contributed by atoms with Crippen molar-refractivity contribution in [3.63, 3.8) is 0 Å². The summed E-state index contributed by atoms with van der Waals surface area (Å²) in [5.41, 5.74) is 1.32. The van der Waals surface area contributed by atoms with Crippen LogP contribution in [-0.2, 0) is 11.2 Å². The summed E-state index contributed by atoms with van der Waals surface area (Å²) in [5, 5.41) is 2.93. The van der Waals surface area contributed by atoms with Gasteiger partial charge < -0.3 is 5.32 Å². The average molecular weight is 248 g/mol. The molecule has 1 aromatic carbocycles. The van der Waals surface area contributed by atoms with Crippen molar-refractivity contribution in [1.82, 2.24) is 10.2 Å². The summed E-state index contributed by atoms with van der Waals surface area (Å²) >= 11 is 0. The number of hydrogen-bond donors (Lipinski definition) is 1. The lowest BCUT2D eigenvalue weighted by atomic mass is 10.1. The van der Waals surface area contributed by atoms with E-state index in [1.165, 1.54) is 5.56 Å². The van der Waals surface area contributed by atoms with Gasteiger partial charge in [-0.3, -0.25) is 9.69 Å². The fourth-order valence-corrected chi connectivity index (χ4v) is 1.75. The van der Waals surface area contributed by atoms with Crippen molar-refractivity contribution in [1.29, 1.82) is 0 Å². The molecule has 0 aliphatic carbocycles. The van der Waals surface area contributed by atoms with E-state index in [0.717, 1.165) is 32.4 Å². The fraction of sp³-hybridized carbons (Fsp3) is 0.533. The average Bonchev–Trinajstić information content (AvgIpc) is 2.38. The van der Waals surface area contributed by atoms with E-state index in [4.69, 9.17) is 0 Å². The molecule has 0 atom stereocenters. The van der Waals surface area contributed by atoms with Crippen LogP contribution in [-0.4, -0.2) is 37.5 Å². The Morgan fingerprint density at radius 3 is 2.67 bits per heavy atom. The smallest absolute Gasteiger partial charge is 0.234 e. The maximum Gasteiger partial charge on any atom is 0.234 e. The van der Waals surface area contributed by atoms with Crippen LogP contribution >= 0.6 is 0 Å². The molecular weight excluding hydrogens is 224 g/mol. The zero-order valence-electron chi connectivity index (χ0n) is 11.5.